The summed E-state index contributed by atoms with van der Waals surface area (Å²) in [7, 11) is -0.175. The average molecular weight is 285 g/mol. The van der Waals surface area contributed by atoms with E-state index >= 15 is 0 Å². The molecule has 0 spiro atoms. The number of hydrogen-bond donors (Lipinski definition) is 2. The summed E-state index contributed by atoms with van der Waals surface area (Å²) in [6.45, 7) is 0. The van der Waals surface area contributed by atoms with Crippen LogP contribution in [0.2, 0.25) is 0 Å². The number of carboxylic acids is 1. The summed E-state index contributed by atoms with van der Waals surface area (Å²) in [6.07, 6.45) is 14.2. The maximum absolute atomic E-state index is 11.1. The molecule has 19 heavy (non-hydrogen) atoms. The zero-order valence-corrected chi connectivity index (χ0v) is 12.8. The van der Waals surface area contributed by atoms with Crippen LogP contribution in [0.5, 0.6) is 0 Å². The number of carboxylic acid groups (broad SMARTS) is 1. The maximum atomic E-state index is 11.1. The van der Waals surface area contributed by atoms with Gasteiger partial charge in [0.25, 0.3) is 0 Å². The molecule has 3 N–H and O–H groups in total. The van der Waals surface area contributed by atoms with Gasteiger partial charge in [-0.25, -0.2) is 0 Å². The normalized spacial score (nSPS) is 24.5. The number of aliphatic carboxylic acids is 1. The molecule has 2 aliphatic rings. The Morgan fingerprint density at radius 2 is 1.42 bits per heavy atom. The van der Waals surface area contributed by atoms with Crippen molar-refractivity contribution in [3.8, 4) is 0 Å². The van der Waals surface area contributed by atoms with Crippen LogP contribution in [0.3, 0.4) is 0 Å². The van der Waals surface area contributed by atoms with E-state index in [1.165, 1.54) is 64.2 Å². The Morgan fingerprint density at radius 3 is 1.79 bits per heavy atom. The number of carbonyl (C=O) groups is 1. The van der Waals surface area contributed by atoms with Crippen LogP contribution in [-0.4, -0.2) is 34.6 Å². The van der Waals surface area contributed by atoms with Crippen LogP contribution < -0.4 is 5.73 Å². The summed E-state index contributed by atoms with van der Waals surface area (Å²) in [5.74, 6) is -0.806. The van der Waals surface area contributed by atoms with Crippen molar-refractivity contribution in [1.82, 2.24) is 0 Å². The lowest BCUT2D eigenvalue weighted by molar-refractivity contribution is -0.137. The molecule has 110 valence electrons. The standard InChI is InChI=1S/C15H28NO2P/c16-14(15(17)18)11-19(12-7-3-1-4-8-12)13-9-5-2-6-10-13/h12-14H,1-11,16H2,(H,17,18)/t14-/m0/s1. The van der Waals surface area contributed by atoms with Gasteiger partial charge in [-0.05, 0) is 43.2 Å². The number of rotatable bonds is 5. The van der Waals surface area contributed by atoms with E-state index in [2.05, 4.69) is 0 Å². The Labute approximate surface area is 118 Å². The highest BCUT2D eigenvalue weighted by Gasteiger charge is 2.33. The molecule has 0 unspecified atom stereocenters. The van der Waals surface area contributed by atoms with E-state index in [1.54, 1.807) is 0 Å². The Hall–Kier alpha value is -0.140. The van der Waals surface area contributed by atoms with Crippen molar-refractivity contribution in [3.63, 3.8) is 0 Å². The lowest BCUT2D eigenvalue weighted by Gasteiger charge is -2.39. The Morgan fingerprint density at radius 1 is 1.00 bits per heavy atom. The van der Waals surface area contributed by atoms with Gasteiger partial charge in [-0.3, -0.25) is 4.79 Å². The van der Waals surface area contributed by atoms with Gasteiger partial charge in [-0.2, -0.15) is 0 Å². The van der Waals surface area contributed by atoms with Crippen molar-refractivity contribution in [1.29, 1.82) is 0 Å². The van der Waals surface area contributed by atoms with Gasteiger partial charge in [0.15, 0.2) is 0 Å². The first kappa shape index (κ1) is 15.3. The lowest BCUT2D eigenvalue weighted by atomic mass is 9.99. The second-order valence-electron chi connectivity index (χ2n) is 6.23. The Balaban J connectivity index is 2.00. The molecule has 0 amide bonds. The zero-order chi connectivity index (χ0) is 13.7. The van der Waals surface area contributed by atoms with Crippen LogP contribution in [0.15, 0.2) is 0 Å². The minimum atomic E-state index is -0.806. The molecular formula is C15H28NO2P. The van der Waals surface area contributed by atoms with Crippen LogP contribution in [0, 0.1) is 0 Å². The molecule has 2 rings (SSSR count). The molecule has 2 fully saturated rings. The third-order valence-corrected chi connectivity index (χ3v) is 8.54. The first-order valence-corrected chi connectivity index (χ1v) is 9.59. The number of hydrogen-bond acceptors (Lipinski definition) is 2. The number of nitrogens with two attached hydrogens (primary N) is 1. The molecule has 0 aromatic rings. The Kier molecular flexibility index (Phi) is 6.09. The topological polar surface area (TPSA) is 63.3 Å². The molecule has 0 aliphatic heterocycles. The second kappa shape index (κ2) is 7.59. The molecule has 2 saturated carbocycles. The van der Waals surface area contributed by atoms with E-state index < -0.39 is 12.0 Å². The largest absolute Gasteiger partial charge is 0.480 e. The average Bonchev–Trinajstić information content (AvgIpc) is 2.46. The molecule has 3 nitrogen and oxygen atoms in total. The highest BCUT2D eigenvalue weighted by molar-refractivity contribution is 7.59. The molecule has 2 aliphatic carbocycles. The molecule has 0 saturated heterocycles. The van der Waals surface area contributed by atoms with Crippen LogP contribution in [-0.2, 0) is 4.79 Å². The third kappa shape index (κ3) is 4.43. The highest BCUT2D eigenvalue weighted by Crippen LogP contribution is 2.55. The van der Waals surface area contributed by atoms with E-state index in [1.807, 2.05) is 0 Å². The fourth-order valence-electron chi connectivity index (χ4n) is 3.73. The van der Waals surface area contributed by atoms with Crippen molar-refractivity contribution in [2.24, 2.45) is 5.73 Å². The molecule has 4 heteroatoms. The van der Waals surface area contributed by atoms with E-state index in [4.69, 9.17) is 10.8 Å². The van der Waals surface area contributed by atoms with Crippen LogP contribution >= 0.6 is 7.92 Å². The van der Waals surface area contributed by atoms with Crippen LogP contribution in [0.1, 0.15) is 64.2 Å². The first-order chi connectivity index (χ1) is 9.18. The summed E-state index contributed by atoms with van der Waals surface area (Å²) in [6, 6.07) is -0.630. The van der Waals surface area contributed by atoms with E-state index in [0.29, 0.717) is 0 Å². The minimum Gasteiger partial charge on any atom is -0.480 e. The summed E-state index contributed by atoms with van der Waals surface area (Å²) < 4.78 is 0. The van der Waals surface area contributed by atoms with Crippen molar-refractivity contribution in [2.45, 2.75) is 81.6 Å². The molecule has 1 atom stereocenters. The fourth-order valence-corrected chi connectivity index (χ4v) is 7.59. The predicted molar refractivity (Wildman–Crippen MR) is 81.1 cm³/mol. The van der Waals surface area contributed by atoms with Crippen LogP contribution in [0.4, 0.5) is 0 Å². The molecule has 0 heterocycles. The summed E-state index contributed by atoms with van der Waals surface area (Å²) >= 11 is 0. The molecule has 0 radical (unpaired) electrons. The summed E-state index contributed by atoms with van der Waals surface area (Å²) in [5.41, 5.74) is 7.45. The molecule has 0 aromatic carbocycles. The molecular weight excluding hydrogens is 257 g/mol. The van der Waals surface area contributed by atoms with Gasteiger partial charge in [0.1, 0.15) is 6.04 Å². The van der Waals surface area contributed by atoms with Gasteiger partial charge >= 0.3 is 5.97 Å². The quantitative estimate of drug-likeness (QED) is 0.759. The van der Waals surface area contributed by atoms with Gasteiger partial charge < -0.3 is 10.8 Å². The van der Waals surface area contributed by atoms with Crippen LogP contribution in [0.25, 0.3) is 0 Å². The van der Waals surface area contributed by atoms with Crippen molar-refractivity contribution >= 4 is 13.9 Å². The zero-order valence-electron chi connectivity index (χ0n) is 11.9. The van der Waals surface area contributed by atoms with Crippen molar-refractivity contribution in [3.05, 3.63) is 0 Å². The smallest absolute Gasteiger partial charge is 0.320 e. The van der Waals surface area contributed by atoms with Gasteiger partial charge in [-0.15, -0.1) is 0 Å². The fraction of sp³-hybridized carbons (Fsp3) is 0.933. The SMILES string of the molecule is N[C@@H](CP(C1CCCCC1)C1CCCCC1)C(=O)O. The van der Waals surface area contributed by atoms with Crippen molar-refractivity contribution < 1.29 is 9.90 Å². The minimum absolute atomic E-state index is 0.175. The molecule has 0 bridgehead atoms. The predicted octanol–water partition coefficient (Wildman–Crippen LogP) is 3.55. The lowest BCUT2D eigenvalue weighted by Crippen LogP contribution is -2.36. The van der Waals surface area contributed by atoms with Gasteiger partial charge in [0.2, 0.25) is 0 Å². The monoisotopic (exact) mass is 285 g/mol. The summed E-state index contributed by atoms with van der Waals surface area (Å²) in [4.78, 5) is 11.1. The van der Waals surface area contributed by atoms with Crippen molar-refractivity contribution in [2.75, 3.05) is 6.16 Å². The molecule has 0 aromatic heterocycles. The van der Waals surface area contributed by atoms with Gasteiger partial charge in [0.05, 0.1) is 0 Å². The van der Waals surface area contributed by atoms with E-state index in [0.717, 1.165) is 17.5 Å². The van der Waals surface area contributed by atoms with Gasteiger partial charge in [-0.1, -0.05) is 46.4 Å². The second-order valence-corrected chi connectivity index (χ2v) is 9.08. The van der Waals surface area contributed by atoms with E-state index in [9.17, 15) is 4.79 Å². The highest BCUT2D eigenvalue weighted by atomic mass is 31.1. The van der Waals surface area contributed by atoms with Gasteiger partial charge in [0, 0.05) is 0 Å². The first-order valence-electron chi connectivity index (χ1n) is 7.92. The Bertz CT molecular complexity index is 268. The summed E-state index contributed by atoms with van der Waals surface area (Å²) in [5, 5.41) is 9.11. The third-order valence-electron chi connectivity index (χ3n) is 4.81. The van der Waals surface area contributed by atoms with E-state index in [-0.39, 0.29) is 7.92 Å². The maximum Gasteiger partial charge on any atom is 0.320 e.